The third-order valence-corrected chi connectivity index (χ3v) is 7.18. The van der Waals surface area contributed by atoms with Gasteiger partial charge in [0.25, 0.3) is 5.95 Å². The molecule has 2 aromatic rings. The zero-order valence-corrected chi connectivity index (χ0v) is 21.9. The van der Waals surface area contributed by atoms with Crippen LogP contribution in [0.1, 0.15) is 83.1 Å². The van der Waals surface area contributed by atoms with Gasteiger partial charge in [-0.25, -0.2) is 0 Å². The molecule has 0 radical (unpaired) electrons. The lowest BCUT2D eigenvalue weighted by atomic mass is 9.75. The largest absolute Gasteiger partial charge is 0.493 e. The average Bonchev–Trinajstić information content (AvgIpc) is 3.31. The Bertz CT molecular complexity index is 1060. The first-order chi connectivity index (χ1) is 16.3. The molecule has 0 aliphatic carbocycles. The average molecular weight is 467 g/mol. The van der Waals surface area contributed by atoms with E-state index in [4.69, 9.17) is 14.2 Å². The van der Waals surface area contributed by atoms with Gasteiger partial charge >= 0.3 is 0 Å². The SMILES string of the molecule is CC.CCc1cccc(C)c1CC(=O)C1CC=C(Oc2cc3c(cc2C)OCCC3(C)CC)O1.[HH]. The molecule has 0 saturated carbocycles. The van der Waals surface area contributed by atoms with Gasteiger partial charge in [0.2, 0.25) is 0 Å². The van der Waals surface area contributed by atoms with Gasteiger partial charge in [-0.2, -0.15) is 0 Å². The van der Waals surface area contributed by atoms with Gasteiger partial charge in [0.05, 0.1) is 6.61 Å². The Kier molecular flexibility index (Phi) is 8.46. The highest BCUT2D eigenvalue weighted by molar-refractivity contribution is 5.86. The Morgan fingerprint density at radius 2 is 1.94 bits per heavy atom. The second-order valence-electron chi connectivity index (χ2n) is 9.30. The highest BCUT2D eigenvalue weighted by Crippen LogP contribution is 2.44. The number of aryl methyl sites for hydroxylation is 3. The molecule has 2 aliphatic heterocycles. The van der Waals surface area contributed by atoms with Crippen molar-refractivity contribution in [1.29, 1.82) is 0 Å². The van der Waals surface area contributed by atoms with Gasteiger partial charge in [0.1, 0.15) is 11.5 Å². The highest BCUT2D eigenvalue weighted by atomic mass is 16.7. The molecule has 4 nitrogen and oxygen atoms in total. The summed E-state index contributed by atoms with van der Waals surface area (Å²) >= 11 is 0. The number of ether oxygens (including phenoxy) is 3. The minimum absolute atomic E-state index is 0. The van der Waals surface area contributed by atoms with Crippen LogP contribution in [-0.4, -0.2) is 18.5 Å². The molecule has 0 amide bonds. The van der Waals surface area contributed by atoms with E-state index in [-0.39, 0.29) is 12.6 Å². The molecule has 0 N–H and O–H groups in total. The van der Waals surface area contributed by atoms with Gasteiger partial charge in [-0.1, -0.05) is 52.8 Å². The van der Waals surface area contributed by atoms with Crippen LogP contribution >= 0.6 is 0 Å². The maximum absolute atomic E-state index is 13.0. The minimum atomic E-state index is -0.489. The second-order valence-corrected chi connectivity index (χ2v) is 9.30. The molecule has 0 fully saturated rings. The molecule has 4 rings (SSSR count). The lowest BCUT2D eigenvalue weighted by Gasteiger charge is -2.35. The van der Waals surface area contributed by atoms with Crippen LogP contribution in [0.25, 0.3) is 0 Å². The fourth-order valence-corrected chi connectivity index (χ4v) is 4.70. The molecule has 2 heterocycles. The van der Waals surface area contributed by atoms with Crippen LogP contribution < -0.4 is 9.47 Å². The van der Waals surface area contributed by atoms with Crippen LogP contribution in [0, 0.1) is 13.8 Å². The number of rotatable bonds is 7. The fraction of sp³-hybridized carbons (Fsp3) is 0.500. The van der Waals surface area contributed by atoms with Gasteiger partial charge < -0.3 is 14.2 Å². The molecule has 0 saturated heterocycles. The molecule has 0 spiro atoms. The summed E-state index contributed by atoms with van der Waals surface area (Å²) in [6, 6.07) is 10.4. The zero-order valence-electron chi connectivity index (χ0n) is 21.9. The Morgan fingerprint density at radius 1 is 1.18 bits per heavy atom. The maximum atomic E-state index is 13.0. The second kappa shape index (κ2) is 11.1. The van der Waals surface area contributed by atoms with Gasteiger partial charge in [0.15, 0.2) is 11.9 Å². The molecular formula is C30H42O4. The molecule has 34 heavy (non-hydrogen) atoms. The van der Waals surface area contributed by atoms with Crippen LogP contribution in [0.4, 0.5) is 0 Å². The van der Waals surface area contributed by atoms with Gasteiger partial charge in [-0.3, -0.25) is 4.79 Å². The highest BCUT2D eigenvalue weighted by Gasteiger charge is 2.33. The monoisotopic (exact) mass is 466 g/mol. The normalized spacial score (nSPS) is 20.8. The van der Waals surface area contributed by atoms with E-state index in [1.165, 1.54) is 11.1 Å². The van der Waals surface area contributed by atoms with E-state index in [0.29, 0.717) is 18.8 Å². The summed E-state index contributed by atoms with van der Waals surface area (Å²) in [5.74, 6) is 2.23. The number of hydrogen-bond acceptors (Lipinski definition) is 4. The standard InChI is InChI=1S/C28H34O4.C2H6.H2/c1-6-20-10-8-9-18(3)21(20)16-23(29)24-11-12-27(31-24)32-25-17-22-26(15-19(25)4)30-14-13-28(22,5)7-2;1-2;/h8-10,12,15,17,24H,6-7,11,13-14,16H2,1-5H3;1-2H3;1H. The van der Waals surface area contributed by atoms with Crippen molar-refractivity contribution >= 4 is 5.78 Å². The minimum Gasteiger partial charge on any atom is -0.493 e. The van der Waals surface area contributed by atoms with Crippen molar-refractivity contribution in [2.75, 3.05) is 6.61 Å². The van der Waals surface area contributed by atoms with Crippen LogP contribution in [0.15, 0.2) is 42.4 Å². The predicted octanol–water partition coefficient (Wildman–Crippen LogP) is 7.41. The van der Waals surface area contributed by atoms with Crippen molar-refractivity contribution in [3.8, 4) is 11.5 Å². The number of carbonyl (C=O) groups excluding carboxylic acids is 1. The lowest BCUT2D eigenvalue weighted by Crippen LogP contribution is -2.29. The number of ketones is 1. The summed E-state index contributed by atoms with van der Waals surface area (Å²) in [7, 11) is 0. The summed E-state index contributed by atoms with van der Waals surface area (Å²) in [5, 5.41) is 0. The summed E-state index contributed by atoms with van der Waals surface area (Å²) in [5.41, 5.74) is 5.77. The van der Waals surface area contributed by atoms with E-state index in [9.17, 15) is 4.79 Å². The van der Waals surface area contributed by atoms with Crippen molar-refractivity contribution in [2.45, 2.75) is 92.1 Å². The molecule has 2 aromatic carbocycles. The van der Waals surface area contributed by atoms with Crippen LogP contribution in [0.2, 0.25) is 0 Å². The van der Waals surface area contributed by atoms with Crippen molar-refractivity contribution in [3.05, 3.63) is 70.2 Å². The molecule has 2 aliphatic rings. The van der Waals surface area contributed by atoms with Crippen LogP contribution in [0.3, 0.4) is 0 Å². The summed E-state index contributed by atoms with van der Waals surface area (Å²) in [6.45, 7) is 15.4. The van der Waals surface area contributed by atoms with Crippen LogP contribution in [0.5, 0.6) is 11.5 Å². The van der Waals surface area contributed by atoms with E-state index in [0.717, 1.165) is 54.1 Å². The van der Waals surface area contributed by atoms with E-state index in [1.54, 1.807) is 0 Å². The Morgan fingerprint density at radius 3 is 2.65 bits per heavy atom. The third kappa shape index (κ3) is 5.32. The molecule has 4 heteroatoms. The van der Waals surface area contributed by atoms with Gasteiger partial charge in [0, 0.05) is 25.9 Å². The van der Waals surface area contributed by atoms with Crippen molar-refractivity contribution < 1.29 is 20.4 Å². The molecule has 0 bridgehead atoms. The molecular weight excluding hydrogens is 424 g/mol. The number of benzene rings is 2. The lowest BCUT2D eigenvalue weighted by molar-refractivity contribution is -0.127. The van der Waals surface area contributed by atoms with E-state index >= 15 is 0 Å². The van der Waals surface area contributed by atoms with Crippen LogP contribution in [-0.2, 0) is 27.8 Å². The van der Waals surface area contributed by atoms with Gasteiger partial charge in [-0.15, -0.1) is 0 Å². The third-order valence-electron chi connectivity index (χ3n) is 7.18. The first-order valence-electron chi connectivity index (χ1n) is 12.8. The van der Waals surface area contributed by atoms with Crippen molar-refractivity contribution in [2.24, 2.45) is 0 Å². The maximum Gasteiger partial charge on any atom is 0.281 e. The Balaban J connectivity index is 0.00000140. The number of carbonyl (C=O) groups is 1. The first-order valence-corrected chi connectivity index (χ1v) is 12.8. The topological polar surface area (TPSA) is 44.8 Å². The molecule has 0 aromatic heterocycles. The number of hydrogen-bond donors (Lipinski definition) is 0. The molecule has 186 valence electrons. The van der Waals surface area contributed by atoms with E-state index < -0.39 is 6.10 Å². The van der Waals surface area contributed by atoms with Crippen molar-refractivity contribution in [3.63, 3.8) is 0 Å². The Hall–Kier alpha value is -2.75. The van der Waals surface area contributed by atoms with E-state index in [1.807, 2.05) is 26.8 Å². The molecule has 2 unspecified atom stereocenters. The summed E-state index contributed by atoms with van der Waals surface area (Å²) < 4.78 is 18.0. The van der Waals surface area contributed by atoms with Crippen molar-refractivity contribution in [1.82, 2.24) is 0 Å². The number of fused-ring (bicyclic) bond motifs is 1. The summed E-state index contributed by atoms with van der Waals surface area (Å²) in [6.07, 6.45) is 5.29. The quantitative estimate of drug-likeness (QED) is 0.426. The van der Waals surface area contributed by atoms with Gasteiger partial charge in [-0.05, 0) is 72.9 Å². The predicted molar refractivity (Wildman–Crippen MR) is 140 cm³/mol. The smallest absolute Gasteiger partial charge is 0.281 e. The summed E-state index contributed by atoms with van der Waals surface area (Å²) in [4.78, 5) is 13.0. The fourth-order valence-electron chi connectivity index (χ4n) is 4.70. The zero-order chi connectivity index (χ0) is 24.9. The molecule has 2 atom stereocenters. The van der Waals surface area contributed by atoms with E-state index in [2.05, 4.69) is 58.0 Å². The number of Topliss-reactive ketones (excluding diaryl/α,β-unsaturated/α-hetero) is 1. The Labute approximate surface area is 206 Å². The first kappa shape index (κ1) is 25.9.